The van der Waals surface area contributed by atoms with Crippen molar-refractivity contribution in [3.8, 4) is 0 Å². The van der Waals surface area contributed by atoms with Crippen LogP contribution in [0.4, 0.5) is 0 Å². The minimum atomic E-state index is -1.21. The summed E-state index contributed by atoms with van der Waals surface area (Å²) in [6.45, 7) is 2.85. The molecule has 0 aliphatic heterocycles. The van der Waals surface area contributed by atoms with Gasteiger partial charge in [0.05, 0.1) is 0 Å². The van der Waals surface area contributed by atoms with Crippen molar-refractivity contribution in [3.05, 3.63) is 0 Å². The molecule has 0 unspecified atom stereocenters. The fraction of sp³-hybridized carbons (Fsp3) is 1.00. The van der Waals surface area contributed by atoms with E-state index >= 15 is 0 Å². The van der Waals surface area contributed by atoms with Gasteiger partial charge in [0.15, 0.2) is 0 Å². The fourth-order valence-corrected chi connectivity index (χ4v) is 2.73. The van der Waals surface area contributed by atoms with Crippen molar-refractivity contribution in [3.63, 3.8) is 0 Å². The topological polar surface area (TPSA) is 15.7 Å². The molecular formula is C6H18N2OSi. The van der Waals surface area contributed by atoms with Crippen molar-refractivity contribution < 1.29 is 4.43 Å². The Kier molecular flexibility index (Phi) is 4.89. The highest BCUT2D eigenvalue weighted by Crippen LogP contribution is 1.92. The average Bonchev–Trinajstić information content (AvgIpc) is 1.81. The molecule has 10 heavy (non-hydrogen) atoms. The number of hydrogen-bond acceptors (Lipinski definition) is 3. The lowest BCUT2D eigenvalue weighted by molar-refractivity contribution is 0.258. The molecule has 0 aliphatic rings. The molecule has 0 aromatic rings. The molecule has 62 valence electrons. The van der Waals surface area contributed by atoms with E-state index < -0.39 is 9.36 Å². The van der Waals surface area contributed by atoms with Crippen LogP contribution in [0.1, 0.15) is 6.92 Å². The summed E-state index contributed by atoms with van der Waals surface area (Å²) >= 11 is 0. The van der Waals surface area contributed by atoms with Crippen LogP contribution in [0, 0.1) is 0 Å². The van der Waals surface area contributed by atoms with Crippen LogP contribution in [0.5, 0.6) is 0 Å². The maximum absolute atomic E-state index is 5.56. The standard InChI is InChI=1S/C6H18N2OSi/c1-6-9-10(7(2)3)8(4)5/h10H,6H2,1-5H3. The van der Waals surface area contributed by atoms with E-state index in [1.807, 2.05) is 6.92 Å². The van der Waals surface area contributed by atoms with E-state index in [1.54, 1.807) is 0 Å². The van der Waals surface area contributed by atoms with Gasteiger partial charge in [-0.25, -0.2) is 0 Å². The molecule has 0 saturated carbocycles. The lowest BCUT2D eigenvalue weighted by Gasteiger charge is -2.26. The molecule has 0 atom stereocenters. The van der Waals surface area contributed by atoms with Gasteiger partial charge in [-0.15, -0.1) is 0 Å². The third-order valence-electron chi connectivity index (χ3n) is 1.20. The summed E-state index contributed by atoms with van der Waals surface area (Å²) in [5.41, 5.74) is 0. The largest absolute Gasteiger partial charge is 0.394 e. The molecule has 0 bridgehead atoms. The van der Waals surface area contributed by atoms with E-state index in [1.165, 1.54) is 0 Å². The second-order valence-corrected chi connectivity index (χ2v) is 5.76. The predicted octanol–water partition coefficient (Wildman–Crippen LogP) is -0.137. The minimum absolute atomic E-state index is 0.813. The van der Waals surface area contributed by atoms with E-state index in [0.29, 0.717) is 0 Å². The SMILES string of the molecule is CCO[SiH](N(C)C)N(C)C. The van der Waals surface area contributed by atoms with Gasteiger partial charge in [-0.05, 0) is 35.1 Å². The fourth-order valence-electron chi connectivity index (χ4n) is 0.909. The summed E-state index contributed by atoms with van der Waals surface area (Å²) in [4.78, 5) is 0. The Hall–Kier alpha value is 0.0969. The second-order valence-electron chi connectivity index (χ2n) is 2.71. The lowest BCUT2D eigenvalue weighted by Crippen LogP contribution is -2.48. The van der Waals surface area contributed by atoms with Crippen molar-refractivity contribution in [2.24, 2.45) is 0 Å². The molecule has 0 aliphatic carbocycles. The van der Waals surface area contributed by atoms with Crippen molar-refractivity contribution in [2.45, 2.75) is 6.92 Å². The molecular weight excluding hydrogens is 144 g/mol. The Morgan fingerprint density at radius 2 is 1.50 bits per heavy atom. The van der Waals surface area contributed by atoms with Gasteiger partial charge in [-0.1, -0.05) is 0 Å². The highest BCUT2D eigenvalue weighted by molar-refractivity contribution is 6.44. The predicted molar refractivity (Wildman–Crippen MR) is 46.1 cm³/mol. The molecule has 0 spiro atoms. The van der Waals surface area contributed by atoms with Gasteiger partial charge in [0.2, 0.25) is 0 Å². The first-order chi connectivity index (χ1) is 4.59. The monoisotopic (exact) mass is 162 g/mol. The van der Waals surface area contributed by atoms with Gasteiger partial charge >= 0.3 is 9.36 Å². The Morgan fingerprint density at radius 3 is 1.60 bits per heavy atom. The lowest BCUT2D eigenvalue weighted by atomic mass is 10.9. The van der Waals surface area contributed by atoms with Crippen LogP contribution in [0.3, 0.4) is 0 Å². The molecule has 3 nitrogen and oxygen atoms in total. The molecule has 0 N–H and O–H groups in total. The van der Waals surface area contributed by atoms with Crippen LogP contribution in [0.25, 0.3) is 0 Å². The maximum Gasteiger partial charge on any atom is 0.339 e. The van der Waals surface area contributed by atoms with E-state index in [0.717, 1.165) is 6.61 Å². The van der Waals surface area contributed by atoms with Crippen molar-refractivity contribution in [1.82, 2.24) is 9.13 Å². The van der Waals surface area contributed by atoms with Crippen LogP contribution in [-0.4, -0.2) is 53.3 Å². The number of rotatable bonds is 4. The molecule has 4 heteroatoms. The smallest absolute Gasteiger partial charge is 0.339 e. The first kappa shape index (κ1) is 10.1. The van der Waals surface area contributed by atoms with E-state index in [4.69, 9.17) is 4.43 Å². The van der Waals surface area contributed by atoms with Gasteiger partial charge < -0.3 is 4.43 Å². The summed E-state index contributed by atoms with van der Waals surface area (Å²) in [5, 5.41) is 0. The third-order valence-corrected chi connectivity index (χ3v) is 3.60. The summed E-state index contributed by atoms with van der Waals surface area (Å²) < 4.78 is 9.90. The first-order valence-corrected chi connectivity index (χ1v) is 5.04. The van der Waals surface area contributed by atoms with Crippen LogP contribution in [0.2, 0.25) is 0 Å². The molecule has 0 aromatic heterocycles. The first-order valence-electron chi connectivity index (χ1n) is 3.54. The van der Waals surface area contributed by atoms with Gasteiger partial charge in [0.1, 0.15) is 0 Å². The average molecular weight is 162 g/mol. The third kappa shape index (κ3) is 3.31. The molecule has 0 heterocycles. The van der Waals surface area contributed by atoms with Gasteiger partial charge in [0.25, 0.3) is 0 Å². The van der Waals surface area contributed by atoms with Crippen molar-refractivity contribution in [1.29, 1.82) is 0 Å². The molecule has 0 amide bonds. The Labute approximate surface area is 65.5 Å². The second kappa shape index (κ2) is 4.84. The summed E-state index contributed by atoms with van der Waals surface area (Å²) in [6, 6.07) is 0. The summed E-state index contributed by atoms with van der Waals surface area (Å²) in [6.07, 6.45) is 0. The number of nitrogens with zero attached hydrogens (tertiary/aromatic N) is 2. The van der Waals surface area contributed by atoms with E-state index in [9.17, 15) is 0 Å². The number of hydrogen-bond donors (Lipinski definition) is 0. The zero-order chi connectivity index (χ0) is 8.15. The van der Waals surface area contributed by atoms with Gasteiger partial charge in [0, 0.05) is 6.61 Å². The molecule has 0 radical (unpaired) electrons. The maximum atomic E-state index is 5.56. The van der Waals surface area contributed by atoms with E-state index in [-0.39, 0.29) is 0 Å². The van der Waals surface area contributed by atoms with Crippen molar-refractivity contribution in [2.75, 3.05) is 34.8 Å². The normalized spacial score (nSPS) is 12.0. The molecule has 0 fully saturated rings. The highest BCUT2D eigenvalue weighted by atomic mass is 28.3. The zero-order valence-electron chi connectivity index (χ0n) is 7.59. The zero-order valence-corrected chi connectivity index (χ0v) is 8.74. The van der Waals surface area contributed by atoms with Gasteiger partial charge in [-0.3, -0.25) is 9.13 Å². The minimum Gasteiger partial charge on any atom is -0.394 e. The van der Waals surface area contributed by atoms with E-state index in [2.05, 4.69) is 37.3 Å². The summed E-state index contributed by atoms with van der Waals surface area (Å²) in [5.74, 6) is 0. The Morgan fingerprint density at radius 1 is 1.10 bits per heavy atom. The quantitative estimate of drug-likeness (QED) is 0.535. The van der Waals surface area contributed by atoms with Crippen LogP contribution < -0.4 is 0 Å². The van der Waals surface area contributed by atoms with Crippen LogP contribution in [-0.2, 0) is 4.43 Å². The van der Waals surface area contributed by atoms with Gasteiger partial charge in [-0.2, -0.15) is 0 Å². The molecule has 0 saturated heterocycles. The molecule has 0 rings (SSSR count). The Bertz CT molecular complexity index is 79.8. The van der Waals surface area contributed by atoms with Crippen molar-refractivity contribution >= 4 is 9.36 Å². The Balaban J connectivity index is 3.73. The summed E-state index contributed by atoms with van der Waals surface area (Å²) in [7, 11) is 7.03. The van der Waals surface area contributed by atoms with Crippen LogP contribution in [0.15, 0.2) is 0 Å². The highest BCUT2D eigenvalue weighted by Gasteiger charge is 2.16. The molecule has 0 aromatic carbocycles. The van der Waals surface area contributed by atoms with Crippen LogP contribution >= 0.6 is 0 Å².